The minimum atomic E-state index is -1.43. The Morgan fingerprint density at radius 3 is 2.51 bits per heavy atom. The van der Waals surface area contributed by atoms with Crippen LogP contribution in [-0.4, -0.2) is 65.9 Å². The molecule has 11 nitrogen and oxygen atoms in total. The normalized spacial score (nSPS) is 20.8. The van der Waals surface area contributed by atoms with E-state index in [1.807, 2.05) is 51.1 Å². The van der Waals surface area contributed by atoms with E-state index in [0.29, 0.717) is 6.42 Å². The standard InChI is InChI=1S/C32H38N2O9/c1-19(2)10-9-11-20(3)16-26(35)43-29-21(4)42-32(39)24(34-30(37)27-28(36)25(40-5)14-15-33-27)18-41-31(38)23(29)17-22-12-7-6-8-13-22/h6-8,10,12-16,21,23-24,29,36H,9,11,17-18H2,1-5H3,(H,34,37)/t21-,23+,24-,29-/m0/s1. The van der Waals surface area contributed by atoms with Crippen molar-refractivity contribution < 1.29 is 43.2 Å². The van der Waals surface area contributed by atoms with Gasteiger partial charge in [-0.1, -0.05) is 47.6 Å². The zero-order valence-corrected chi connectivity index (χ0v) is 25.0. The number of benzene rings is 1. The number of amides is 1. The fourth-order valence-electron chi connectivity index (χ4n) is 4.50. The lowest BCUT2D eigenvalue weighted by Gasteiger charge is -2.29. The average Bonchev–Trinajstić information content (AvgIpc) is 2.99. The highest BCUT2D eigenvalue weighted by Crippen LogP contribution is 2.28. The summed E-state index contributed by atoms with van der Waals surface area (Å²) in [5, 5.41) is 12.7. The number of nitrogens with zero attached hydrogens (tertiary/aromatic N) is 1. The van der Waals surface area contributed by atoms with Gasteiger partial charge in [-0.2, -0.15) is 0 Å². The van der Waals surface area contributed by atoms with E-state index in [9.17, 15) is 24.3 Å². The molecule has 0 bridgehead atoms. The van der Waals surface area contributed by atoms with Crippen LogP contribution < -0.4 is 10.1 Å². The van der Waals surface area contributed by atoms with Gasteiger partial charge in [0.05, 0.1) is 7.11 Å². The summed E-state index contributed by atoms with van der Waals surface area (Å²) in [4.78, 5) is 56.4. The Bertz CT molecular complexity index is 1370. The summed E-state index contributed by atoms with van der Waals surface area (Å²) in [7, 11) is 1.31. The second kappa shape index (κ2) is 15.5. The van der Waals surface area contributed by atoms with E-state index in [1.54, 1.807) is 0 Å². The predicted octanol–water partition coefficient (Wildman–Crippen LogP) is 3.85. The summed E-state index contributed by atoms with van der Waals surface area (Å²) in [6.45, 7) is 6.75. The van der Waals surface area contributed by atoms with Crippen LogP contribution in [0.25, 0.3) is 0 Å². The summed E-state index contributed by atoms with van der Waals surface area (Å²) >= 11 is 0. The van der Waals surface area contributed by atoms with Crippen LogP contribution in [0.3, 0.4) is 0 Å². The number of hydrogen-bond donors (Lipinski definition) is 2. The van der Waals surface area contributed by atoms with Crippen LogP contribution in [-0.2, 0) is 35.0 Å². The van der Waals surface area contributed by atoms with E-state index in [0.717, 1.165) is 17.6 Å². The molecule has 1 amide bonds. The summed E-state index contributed by atoms with van der Waals surface area (Å²) in [5.41, 5.74) is 2.34. The van der Waals surface area contributed by atoms with E-state index in [1.165, 1.54) is 37.9 Å². The number of allylic oxidation sites excluding steroid dienone is 3. The molecule has 2 N–H and O–H groups in total. The number of aromatic hydroxyl groups is 1. The number of ether oxygens (including phenoxy) is 4. The lowest BCUT2D eigenvalue weighted by molar-refractivity contribution is -0.171. The van der Waals surface area contributed by atoms with Crippen LogP contribution in [0.2, 0.25) is 0 Å². The first-order valence-corrected chi connectivity index (χ1v) is 13.9. The second-order valence-electron chi connectivity index (χ2n) is 10.5. The molecule has 1 aliphatic heterocycles. The Labute approximate surface area is 250 Å². The number of pyridine rings is 1. The molecule has 1 aliphatic rings. The van der Waals surface area contributed by atoms with Gasteiger partial charge in [0, 0.05) is 18.3 Å². The smallest absolute Gasteiger partial charge is 0.332 e. The van der Waals surface area contributed by atoms with Gasteiger partial charge in [-0.15, -0.1) is 0 Å². The van der Waals surface area contributed by atoms with Crippen molar-refractivity contribution in [2.75, 3.05) is 13.7 Å². The summed E-state index contributed by atoms with van der Waals surface area (Å²) in [6.07, 6.45) is 3.95. The van der Waals surface area contributed by atoms with Crippen LogP contribution in [0.1, 0.15) is 56.6 Å². The number of rotatable bonds is 10. The first kappa shape index (κ1) is 32.8. The third kappa shape index (κ3) is 9.42. The molecule has 1 saturated heterocycles. The highest BCUT2D eigenvalue weighted by molar-refractivity contribution is 5.98. The van der Waals surface area contributed by atoms with Gasteiger partial charge in [-0.05, 0) is 52.5 Å². The van der Waals surface area contributed by atoms with E-state index >= 15 is 0 Å². The van der Waals surface area contributed by atoms with Crippen molar-refractivity contribution in [1.82, 2.24) is 10.3 Å². The van der Waals surface area contributed by atoms with Crippen LogP contribution in [0.4, 0.5) is 0 Å². The molecule has 43 heavy (non-hydrogen) atoms. The summed E-state index contributed by atoms with van der Waals surface area (Å²) < 4.78 is 21.9. The predicted molar refractivity (Wildman–Crippen MR) is 156 cm³/mol. The maximum Gasteiger partial charge on any atom is 0.332 e. The first-order valence-electron chi connectivity index (χ1n) is 13.9. The molecule has 2 aromatic rings. The molecule has 0 radical (unpaired) electrons. The Morgan fingerprint density at radius 2 is 1.84 bits per heavy atom. The quantitative estimate of drug-likeness (QED) is 0.180. The molecule has 4 atom stereocenters. The maximum absolute atomic E-state index is 13.5. The number of aromatic nitrogens is 1. The molecular weight excluding hydrogens is 556 g/mol. The lowest BCUT2D eigenvalue weighted by atomic mass is 9.91. The molecule has 0 aliphatic carbocycles. The molecule has 11 heteroatoms. The van der Waals surface area contributed by atoms with Gasteiger partial charge in [0.25, 0.3) is 5.91 Å². The maximum atomic E-state index is 13.5. The van der Waals surface area contributed by atoms with Crippen LogP contribution >= 0.6 is 0 Å². The van der Waals surface area contributed by atoms with Crippen molar-refractivity contribution in [2.24, 2.45) is 5.92 Å². The highest BCUT2D eigenvalue weighted by Gasteiger charge is 2.42. The molecule has 2 heterocycles. The average molecular weight is 595 g/mol. The van der Waals surface area contributed by atoms with E-state index in [4.69, 9.17) is 18.9 Å². The SMILES string of the molecule is COc1ccnc(C(=O)N[C@H]2COC(=O)[C@H](Cc3ccccc3)[C@@H](OC(=O)C=C(C)CCC=C(C)C)[C@H](C)OC2=O)c1O. The minimum absolute atomic E-state index is 0.00637. The molecule has 1 aromatic carbocycles. The number of esters is 3. The number of nitrogens with one attached hydrogen (secondary N) is 1. The van der Waals surface area contributed by atoms with Crippen LogP contribution in [0, 0.1) is 5.92 Å². The molecule has 0 saturated carbocycles. The Morgan fingerprint density at radius 1 is 1.12 bits per heavy atom. The minimum Gasteiger partial charge on any atom is -0.503 e. The number of cyclic esters (lactones) is 2. The van der Waals surface area contributed by atoms with Crippen molar-refractivity contribution in [3.05, 3.63) is 77.2 Å². The van der Waals surface area contributed by atoms with E-state index < -0.39 is 66.0 Å². The van der Waals surface area contributed by atoms with Gasteiger partial charge in [-0.3, -0.25) is 9.59 Å². The van der Waals surface area contributed by atoms with Crippen LogP contribution in [0.5, 0.6) is 11.5 Å². The zero-order chi connectivity index (χ0) is 31.5. The zero-order valence-electron chi connectivity index (χ0n) is 25.0. The van der Waals surface area contributed by atoms with Gasteiger partial charge in [0.15, 0.2) is 29.3 Å². The molecule has 3 rings (SSSR count). The van der Waals surface area contributed by atoms with Gasteiger partial charge < -0.3 is 29.4 Å². The van der Waals surface area contributed by atoms with Gasteiger partial charge in [-0.25, -0.2) is 14.6 Å². The van der Waals surface area contributed by atoms with E-state index in [-0.39, 0.29) is 12.2 Å². The van der Waals surface area contributed by atoms with Crippen molar-refractivity contribution >= 4 is 23.8 Å². The monoisotopic (exact) mass is 594 g/mol. The Balaban J connectivity index is 1.86. The molecule has 1 aromatic heterocycles. The molecular formula is C32H38N2O9. The number of hydrogen-bond acceptors (Lipinski definition) is 10. The van der Waals surface area contributed by atoms with Crippen LogP contribution in [0.15, 0.2) is 65.9 Å². The van der Waals surface area contributed by atoms with Crippen molar-refractivity contribution in [2.45, 2.75) is 65.2 Å². The topological polar surface area (TPSA) is 150 Å². The largest absolute Gasteiger partial charge is 0.503 e. The molecule has 0 unspecified atom stereocenters. The van der Waals surface area contributed by atoms with Crippen molar-refractivity contribution in [1.29, 1.82) is 0 Å². The number of carbonyl (C=O) groups excluding carboxylic acids is 4. The molecule has 1 fully saturated rings. The van der Waals surface area contributed by atoms with E-state index in [2.05, 4.69) is 16.4 Å². The number of methoxy groups -OCH3 is 1. The second-order valence-corrected chi connectivity index (χ2v) is 10.5. The van der Waals surface area contributed by atoms with Gasteiger partial charge >= 0.3 is 17.9 Å². The third-order valence-corrected chi connectivity index (χ3v) is 6.77. The number of carbonyl (C=O) groups is 4. The highest BCUT2D eigenvalue weighted by atomic mass is 16.6. The first-order chi connectivity index (χ1) is 20.5. The van der Waals surface area contributed by atoms with Gasteiger partial charge in [0.1, 0.15) is 18.6 Å². The fourth-order valence-corrected chi connectivity index (χ4v) is 4.50. The fraction of sp³-hybridized carbons (Fsp3) is 0.406. The third-order valence-electron chi connectivity index (χ3n) is 6.77. The summed E-state index contributed by atoms with van der Waals surface area (Å²) in [6, 6.07) is 9.02. The molecule has 0 spiro atoms. The molecule has 230 valence electrons. The Kier molecular flexibility index (Phi) is 11.9. The summed E-state index contributed by atoms with van der Waals surface area (Å²) in [5.74, 6) is -4.80. The van der Waals surface area contributed by atoms with Crippen molar-refractivity contribution in [3.63, 3.8) is 0 Å². The lowest BCUT2D eigenvalue weighted by Crippen LogP contribution is -2.46. The van der Waals surface area contributed by atoms with Gasteiger partial charge in [0.2, 0.25) is 0 Å². The Hall–Kier alpha value is -4.67. The van der Waals surface area contributed by atoms with Crippen molar-refractivity contribution in [3.8, 4) is 11.5 Å².